The lowest BCUT2D eigenvalue weighted by atomic mass is 9.94. The van der Waals surface area contributed by atoms with E-state index in [1.807, 2.05) is 12.1 Å². The first-order valence-electron chi connectivity index (χ1n) is 5.32. The Morgan fingerprint density at radius 2 is 2.40 bits per heavy atom. The van der Waals surface area contributed by atoms with Gasteiger partial charge in [0.1, 0.15) is 0 Å². The molecule has 3 nitrogen and oxygen atoms in total. The molecule has 80 valence electrons. The van der Waals surface area contributed by atoms with Crippen LogP contribution in [0.1, 0.15) is 16.7 Å². The minimum atomic E-state index is 0.0778. The Morgan fingerprint density at radius 1 is 1.53 bits per heavy atom. The van der Waals surface area contributed by atoms with Gasteiger partial charge in [0.25, 0.3) is 0 Å². The summed E-state index contributed by atoms with van der Waals surface area (Å²) in [5.41, 5.74) is 3.85. The van der Waals surface area contributed by atoms with E-state index in [1.54, 1.807) is 7.05 Å². The van der Waals surface area contributed by atoms with Crippen molar-refractivity contribution in [2.45, 2.75) is 19.4 Å². The summed E-state index contributed by atoms with van der Waals surface area (Å²) in [7, 11) is 1.68. The molecule has 1 aliphatic rings. The summed E-state index contributed by atoms with van der Waals surface area (Å²) in [4.78, 5) is 11.3. The molecule has 0 unspecified atom stereocenters. The van der Waals surface area contributed by atoms with E-state index in [4.69, 9.17) is 0 Å². The van der Waals surface area contributed by atoms with Crippen LogP contribution in [0.3, 0.4) is 0 Å². The Kier molecular flexibility index (Phi) is 3.02. The molecule has 1 aromatic carbocycles. The van der Waals surface area contributed by atoms with Crippen molar-refractivity contribution in [3.63, 3.8) is 0 Å². The standard InChI is InChI=1S/C12H16N2O/c1-13-12(15)7-10-4-2-3-9-5-6-14-8-11(9)10/h2-4,14H,5-8H2,1H3,(H,13,15). The zero-order chi connectivity index (χ0) is 10.7. The highest BCUT2D eigenvalue weighted by molar-refractivity contribution is 5.78. The lowest BCUT2D eigenvalue weighted by Gasteiger charge is -2.20. The van der Waals surface area contributed by atoms with Gasteiger partial charge in [-0.15, -0.1) is 0 Å². The van der Waals surface area contributed by atoms with Gasteiger partial charge < -0.3 is 10.6 Å². The predicted octanol–water partition coefficient (Wildman–Crippen LogP) is 0.621. The Morgan fingerprint density at radius 3 is 3.20 bits per heavy atom. The molecule has 2 N–H and O–H groups in total. The number of hydrogen-bond donors (Lipinski definition) is 2. The minimum absolute atomic E-state index is 0.0778. The van der Waals surface area contributed by atoms with Crippen molar-refractivity contribution in [2.75, 3.05) is 13.6 Å². The molecule has 0 bridgehead atoms. The average Bonchev–Trinajstić information content (AvgIpc) is 2.29. The molecule has 3 heteroatoms. The van der Waals surface area contributed by atoms with Crippen LogP contribution in [0.25, 0.3) is 0 Å². The highest BCUT2D eigenvalue weighted by atomic mass is 16.1. The number of benzene rings is 1. The lowest BCUT2D eigenvalue weighted by Crippen LogP contribution is -2.27. The summed E-state index contributed by atoms with van der Waals surface area (Å²) >= 11 is 0. The van der Waals surface area contributed by atoms with Crippen LogP contribution in [-0.4, -0.2) is 19.5 Å². The SMILES string of the molecule is CNC(=O)Cc1cccc2c1CNCC2. The van der Waals surface area contributed by atoms with Gasteiger partial charge in [-0.1, -0.05) is 18.2 Å². The Labute approximate surface area is 89.9 Å². The summed E-state index contributed by atoms with van der Waals surface area (Å²) in [5, 5.41) is 6.00. The molecule has 0 radical (unpaired) electrons. The highest BCUT2D eigenvalue weighted by Crippen LogP contribution is 2.18. The molecule has 15 heavy (non-hydrogen) atoms. The molecule has 1 aromatic rings. The fourth-order valence-corrected chi connectivity index (χ4v) is 2.01. The van der Waals surface area contributed by atoms with Gasteiger partial charge in [-0.05, 0) is 29.7 Å². The molecule has 0 saturated heterocycles. The van der Waals surface area contributed by atoms with E-state index in [2.05, 4.69) is 16.7 Å². The quantitative estimate of drug-likeness (QED) is 0.741. The number of carbonyl (C=O) groups is 1. The number of likely N-dealkylation sites (N-methyl/N-ethyl adjacent to an activating group) is 1. The van der Waals surface area contributed by atoms with E-state index in [1.165, 1.54) is 11.1 Å². The molecular weight excluding hydrogens is 188 g/mol. The van der Waals surface area contributed by atoms with Crippen molar-refractivity contribution in [1.82, 2.24) is 10.6 Å². The largest absolute Gasteiger partial charge is 0.359 e. The summed E-state index contributed by atoms with van der Waals surface area (Å²) in [5.74, 6) is 0.0778. The molecule has 1 amide bonds. The van der Waals surface area contributed by atoms with Crippen molar-refractivity contribution in [2.24, 2.45) is 0 Å². The second kappa shape index (κ2) is 4.45. The van der Waals surface area contributed by atoms with Gasteiger partial charge in [-0.25, -0.2) is 0 Å². The molecule has 0 aromatic heterocycles. The van der Waals surface area contributed by atoms with Crippen LogP contribution in [0, 0.1) is 0 Å². The number of nitrogens with one attached hydrogen (secondary N) is 2. The van der Waals surface area contributed by atoms with Gasteiger partial charge in [0.2, 0.25) is 5.91 Å². The predicted molar refractivity (Wildman–Crippen MR) is 59.6 cm³/mol. The van der Waals surface area contributed by atoms with Crippen LogP contribution in [-0.2, 0) is 24.2 Å². The van der Waals surface area contributed by atoms with E-state index in [9.17, 15) is 4.79 Å². The maximum Gasteiger partial charge on any atom is 0.224 e. The van der Waals surface area contributed by atoms with Crippen LogP contribution < -0.4 is 10.6 Å². The van der Waals surface area contributed by atoms with Crippen molar-refractivity contribution in [3.8, 4) is 0 Å². The van der Waals surface area contributed by atoms with Crippen molar-refractivity contribution < 1.29 is 4.79 Å². The summed E-state index contributed by atoms with van der Waals surface area (Å²) in [6.45, 7) is 1.93. The van der Waals surface area contributed by atoms with Gasteiger partial charge in [0, 0.05) is 13.6 Å². The normalized spacial score (nSPS) is 14.5. The third kappa shape index (κ3) is 2.18. The summed E-state index contributed by atoms with van der Waals surface area (Å²) < 4.78 is 0. The Balaban J connectivity index is 2.27. The summed E-state index contributed by atoms with van der Waals surface area (Å²) in [6, 6.07) is 6.24. The van der Waals surface area contributed by atoms with E-state index in [-0.39, 0.29) is 5.91 Å². The summed E-state index contributed by atoms with van der Waals surface area (Å²) in [6.07, 6.45) is 1.55. The second-order valence-corrected chi connectivity index (χ2v) is 3.83. The number of hydrogen-bond acceptors (Lipinski definition) is 2. The van der Waals surface area contributed by atoms with E-state index in [0.717, 1.165) is 25.1 Å². The fourth-order valence-electron chi connectivity index (χ4n) is 2.01. The average molecular weight is 204 g/mol. The van der Waals surface area contributed by atoms with Crippen molar-refractivity contribution in [1.29, 1.82) is 0 Å². The molecule has 0 aliphatic carbocycles. The zero-order valence-electron chi connectivity index (χ0n) is 8.97. The van der Waals surface area contributed by atoms with Crippen LogP contribution in [0.5, 0.6) is 0 Å². The Hall–Kier alpha value is -1.35. The van der Waals surface area contributed by atoms with Gasteiger partial charge in [-0.2, -0.15) is 0 Å². The van der Waals surface area contributed by atoms with Crippen LogP contribution in [0.4, 0.5) is 0 Å². The highest BCUT2D eigenvalue weighted by Gasteiger charge is 2.13. The monoisotopic (exact) mass is 204 g/mol. The number of carbonyl (C=O) groups excluding carboxylic acids is 1. The van der Waals surface area contributed by atoms with Crippen molar-refractivity contribution in [3.05, 3.63) is 34.9 Å². The second-order valence-electron chi connectivity index (χ2n) is 3.83. The van der Waals surface area contributed by atoms with Gasteiger partial charge in [-0.3, -0.25) is 4.79 Å². The maximum absolute atomic E-state index is 11.3. The number of fused-ring (bicyclic) bond motifs is 1. The molecule has 2 rings (SSSR count). The first kappa shape index (κ1) is 10.2. The van der Waals surface area contributed by atoms with E-state index < -0.39 is 0 Å². The van der Waals surface area contributed by atoms with Gasteiger partial charge in [0.15, 0.2) is 0 Å². The zero-order valence-corrected chi connectivity index (χ0v) is 8.97. The first-order chi connectivity index (χ1) is 7.31. The molecular formula is C12H16N2O. The minimum Gasteiger partial charge on any atom is -0.359 e. The van der Waals surface area contributed by atoms with Crippen molar-refractivity contribution >= 4 is 5.91 Å². The Bertz CT molecular complexity index is 374. The third-order valence-corrected chi connectivity index (χ3v) is 2.87. The van der Waals surface area contributed by atoms with Crippen LogP contribution in [0.15, 0.2) is 18.2 Å². The fraction of sp³-hybridized carbons (Fsp3) is 0.417. The van der Waals surface area contributed by atoms with Crippen LogP contribution >= 0.6 is 0 Å². The number of rotatable bonds is 2. The lowest BCUT2D eigenvalue weighted by molar-refractivity contribution is -0.119. The van der Waals surface area contributed by atoms with Crippen LogP contribution in [0.2, 0.25) is 0 Å². The van der Waals surface area contributed by atoms with Gasteiger partial charge in [0.05, 0.1) is 6.42 Å². The van der Waals surface area contributed by atoms with E-state index >= 15 is 0 Å². The molecule has 1 heterocycles. The topological polar surface area (TPSA) is 41.1 Å². The van der Waals surface area contributed by atoms with Gasteiger partial charge >= 0.3 is 0 Å². The molecule has 0 spiro atoms. The first-order valence-corrected chi connectivity index (χ1v) is 5.32. The molecule has 1 aliphatic heterocycles. The smallest absolute Gasteiger partial charge is 0.224 e. The molecule has 0 atom stereocenters. The van der Waals surface area contributed by atoms with E-state index in [0.29, 0.717) is 6.42 Å². The molecule has 0 saturated carbocycles. The third-order valence-electron chi connectivity index (χ3n) is 2.87. The molecule has 0 fully saturated rings. The number of amides is 1. The maximum atomic E-state index is 11.3.